The summed E-state index contributed by atoms with van der Waals surface area (Å²) in [6, 6.07) is 38.4. The van der Waals surface area contributed by atoms with Gasteiger partial charge < -0.3 is 9.47 Å². The molecule has 1 aromatic heterocycles. The predicted molar refractivity (Wildman–Crippen MR) is 179 cm³/mol. The van der Waals surface area contributed by atoms with Crippen LogP contribution < -0.4 is 0 Å². The Morgan fingerprint density at radius 3 is 2.20 bits per heavy atom. The van der Waals surface area contributed by atoms with Crippen molar-refractivity contribution in [3.8, 4) is 17.2 Å². The number of amides is 1. The third-order valence-corrected chi connectivity index (χ3v) is 8.06. The molecule has 1 unspecified atom stereocenters. The summed E-state index contributed by atoms with van der Waals surface area (Å²) in [6.45, 7) is 3.71. The number of aromatic nitrogens is 2. The molecule has 1 amide bonds. The van der Waals surface area contributed by atoms with Crippen LogP contribution in [0.2, 0.25) is 0 Å². The Bertz CT molecular complexity index is 1680. The fourth-order valence-electron chi connectivity index (χ4n) is 5.83. The number of hydrogen-bond donors (Lipinski definition) is 0. The highest BCUT2D eigenvalue weighted by atomic mass is 35.5. The van der Waals surface area contributed by atoms with Gasteiger partial charge in [0.15, 0.2) is 0 Å². The lowest BCUT2D eigenvalue weighted by atomic mass is 9.96. The number of halogens is 2. The third kappa shape index (κ3) is 7.38. The zero-order valence-corrected chi connectivity index (χ0v) is 26.0. The van der Waals surface area contributed by atoms with Gasteiger partial charge in [-0.25, -0.2) is 4.98 Å². The van der Waals surface area contributed by atoms with E-state index in [-0.39, 0.29) is 36.8 Å². The molecule has 2 heterocycles. The highest BCUT2D eigenvalue weighted by molar-refractivity contribution is 6.01. The van der Waals surface area contributed by atoms with Crippen molar-refractivity contribution in [1.82, 2.24) is 19.4 Å². The van der Waals surface area contributed by atoms with E-state index in [0.29, 0.717) is 18.7 Å². The zero-order chi connectivity index (χ0) is 28.7. The topological polar surface area (TPSA) is 65.2 Å². The van der Waals surface area contributed by atoms with Crippen molar-refractivity contribution in [3.05, 3.63) is 150 Å². The smallest absolute Gasteiger partial charge is 0.255 e. The van der Waals surface area contributed by atoms with Gasteiger partial charge >= 0.3 is 0 Å². The Morgan fingerprint density at radius 2 is 1.48 bits per heavy atom. The summed E-state index contributed by atoms with van der Waals surface area (Å²) < 4.78 is 2.17. The molecule has 4 aromatic carbocycles. The molecule has 1 aliphatic rings. The maximum Gasteiger partial charge on any atom is 0.255 e. The maximum atomic E-state index is 14.3. The Morgan fingerprint density at radius 1 is 0.795 bits per heavy atom. The molecule has 1 saturated heterocycles. The first-order chi connectivity index (χ1) is 20.7. The summed E-state index contributed by atoms with van der Waals surface area (Å²) in [5.41, 5.74) is 6.82. The molecule has 1 fully saturated rings. The van der Waals surface area contributed by atoms with E-state index in [0.717, 1.165) is 59.6 Å². The second-order valence-corrected chi connectivity index (χ2v) is 10.7. The van der Waals surface area contributed by atoms with Gasteiger partial charge in [-0.2, -0.15) is 5.26 Å². The van der Waals surface area contributed by atoms with Crippen molar-refractivity contribution in [1.29, 1.82) is 5.26 Å². The zero-order valence-electron chi connectivity index (χ0n) is 24.3. The van der Waals surface area contributed by atoms with Crippen molar-refractivity contribution in [2.24, 2.45) is 0 Å². The summed E-state index contributed by atoms with van der Waals surface area (Å²) in [5.74, 6) is 0.0658. The van der Waals surface area contributed by atoms with Crippen molar-refractivity contribution < 1.29 is 4.79 Å². The molecule has 6 nitrogen and oxygen atoms in total. The van der Waals surface area contributed by atoms with E-state index >= 15 is 0 Å². The van der Waals surface area contributed by atoms with Gasteiger partial charge in [-0.3, -0.25) is 9.69 Å². The average molecular weight is 625 g/mol. The van der Waals surface area contributed by atoms with Gasteiger partial charge in [0.2, 0.25) is 0 Å². The minimum atomic E-state index is -0.0175. The number of carbonyl (C=O) groups is 1. The predicted octanol–water partition coefficient (Wildman–Crippen LogP) is 7.40. The molecule has 0 saturated carbocycles. The van der Waals surface area contributed by atoms with Crippen LogP contribution in [0.15, 0.2) is 122 Å². The summed E-state index contributed by atoms with van der Waals surface area (Å²) in [6.07, 6.45) is 4.64. The SMILES string of the molecule is Cl.Cl.N#Cc1ccc(Cn2cncc2CN2CCC(c3ccccc3)N(C(=O)c3ccccc3-c3ccccc3)CC2)cc1. The van der Waals surface area contributed by atoms with Crippen LogP contribution in [0.3, 0.4) is 0 Å². The minimum absolute atomic E-state index is 0. The van der Waals surface area contributed by atoms with E-state index in [4.69, 9.17) is 5.26 Å². The minimum Gasteiger partial charge on any atom is -0.330 e. The first kappa shape index (κ1) is 32.5. The van der Waals surface area contributed by atoms with E-state index in [1.165, 1.54) is 0 Å². The molecule has 5 aromatic rings. The Labute approximate surface area is 271 Å². The Kier molecular flexibility index (Phi) is 11.3. The van der Waals surface area contributed by atoms with E-state index in [1.807, 2.05) is 85.3 Å². The van der Waals surface area contributed by atoms with E-state index in [2.05, 4.69) is 61.8 Å². The molecule has 0 N–H and O–H groups in total. The van der Waals surface area contributed by atoms with E-state index in [9.17, 15) is 4.79 Å². The summed E-state index contributed by atoms with van der Waals surface area (Å²) in [4.78, 5) is 23.3. The number of imidazole rings is 1. The number of nitriles is 1. The molecule has 0 radical (unpaired) electrons. The molecule has 1 aliphatic heterocycles. The number of benzene rings is 4. The summed E-state index contributed by atoms with van der Waals surface area (Å²) in [7, 11) is 0. The number of nitrogens with zero attached hydrogens (tertiary/aromatic N) is 5. The molecule has 1 atom stereocenters. The van der Waals surface area contributed by atoms with Crippen molar-refractivity contribution >= 4 is 30.7 Å². The van der Waals surface area contributed by atoms with Gasteiger partial charge in [-0.1, -0.05) is 91.0 Å². The molecule has 8 heteroatoms. The third-order valence-electron chi connectivity index (χ3n) is 8.06. The Hall–Kier alpha value is -4.41. The fourth-order valence-corrected chi connectivity index (χ4v) is 5.83. The van der Waals surface area contributed by atoms with Gasteiger partial charge in [-0.05, 0) is 46.9 Å². The molecular weight excluding hydrogens is 589 g/mol. The number of hydrogen-bond acceptors (Lipinski definition) is 4. The van der Waals surface area contributed by atoms with Crippen LogP contribution in [-0.4, -0.2) is 44.9 Å². The van der Waals surface area contributed by atoms with Crippen molar-refractivity contribution in [2.45, 2.75) is 25.6 Å². The highest BCUT2D eigenvalue weighted by Gasteiger charge is 2.31. The van der Waals surface area contributed by atoms with E-state index in [1.54, 1.807) is 0 Å². The lowest BCUT2D eigenvalue weighted by molar-refractivity contribution is 0.0685. The fraction of sp³-hybridized carbons (Fsp3) is 0.194. The molecule has 0 aliphatic carbocycles. The second kappa shape index (κ2) is 15.4. The lowest BCUT2D eigenvalue weighted by Gasteiger charge is -2.31. The second-order valence-electron chi connectivity index (χ2n) is 10.7. The first-order valence-electron chi connectivity index (χ1n) is 14.4. The number of rotatable bonds is 7. The van der Waals surface area contributed by atoms with Gasteiger partial charge in [0.1, 0.15) is 0 Å². The van der Waals surface area contributed by atoms with Gasteiger partial charge in [-0.15, -0.1) is 24.8 Å². The molecule has 6 rings (SSSR count). The molecule has 0 bridgehead atoms. The average Bonchev–Trinajstić information content (AvgIpc) is 3.37. The Balaban J connectivity index is 0.00000221. The van der Waals surface area contributed by atoms with Crippen LogP contribution in [0.5, 0.6) is 0 Å². The molecular formula is C36H35Cl2N5O. The van der Waals surface area contributed by atoms with Gasteiger partial charge in [0.25, 0.3) is 5.91 Å². The van der Waals surface area contributed by atoms with Crippen LogP contribution in [0.4, 0.5) is 0 Å². The maximum absolute atomic E-state index is 14.3. The summed E-state index contributed by atoms with van der Waals surface area (Å²) in [5, 5.41) is 9.11. The first-order valence-corrected chi connectivity index (χ1v) is 14.4. The highest BCUT2D eigenvalue weighted by Crippen LogP contribution is 2.32. The quantitative estimate of drug-likeness (QED) is 0.189. The normalized spacial score (nSPS) is 14.9. The largest absolute Gasteiger partial charge is 0.330 e. The summed E-state index contributed by atoms with van der Waals surface area (Å²) >= 11 is 0. The lowest BCUT2D eigenvalue weighted by Crippen LogP contribution is -2.37. The van der Waals surface area contributed by atoms with E-state index < -0.39 is 0 Å². The van der Waals surface area contributed by atoms with Crippen LogP contribution in [0.1, 0.15) is 45.2 Å². The van der Waals surface area contributed by atoms with Crippen molar-refractivity contribution in [2.75, 3.05) is 19.6 Å². The molecule has 44 heavy (non-hydrogen) atoms. The molecule has 224 valence electrons. The van der Waals surface area contributed by atoms with Gasteiger partial charge in [0.05, 0.1) is 29.7 Å². The number of carbonyl (C=O) groups excluding carboxylic acids is 1. The van der Waals surface area contributed by atoms with Crippen LogP contribution >= 0.6 is 24.8 Å². The monoisotopic (exact) mass is 623 g/mol. The van der Waals surface area contributed by atoms with Crippen LogP contribution in [-0.2, 0) is 13.1 Å². The van der Waals surface area contributed by atoms with Gasteiger partial charge in [0, 0.05) is 44.5 Å². The standard InChI is InChI=1S/C36H33N5O.2ClH/c37-23-28-15-17-29(18-16-28)25-40-27-38-24-32(40)26-39-20-19-35(31-11-5-2-6-12-31)41(22-21-39)36(42)34-14-8-7-13-33(34)30-9-3-1-4-10-30;;/h1-18,24,27,35H,19-22,25-26H2;2*1H. The van der Waals surface area contributed by atoms with Crippen LogP contribution in [0, 0.1) is 11.3 Å². The molecule has 0 spiro atoms. The van der Waals surface area contributed by atoms with Crippen LogP contribution in [0.25, 0.3) is 11.1 Å². The van der Waals surface area contributed by atoms with Crippen molar-refractivity contribution in [3.63, 3.8) is 0 Å².